The van der Waals surface area contributed by atoms with E-state index in [9.17, 15) is 5.11 Å². The minimum Gasteiger partial charge on any atom is -0.393 e. The van der Waals surface area contributed by atoms with Crippen LogP contribution in [0.15, 0.2) is 12.2 Å². The minimum atomic E-state index is 0.0427. The molecule has 0 aliphatic heterocycles. The summed E-state index contributed by atoms with van der Waals surface area (Å²) in [4.78, 5) is 0. The van der Waals surface area contributed by atoms with Gasteiger partial charge in [-0.15, -0.1) is 0 Å². The van der Waals surface area contributed by atoms with Crippen molar-refractivity contribution in [2.45, 2.75) is 25.4 Å². The molecule has 3 aliphatic carbocycles. The maximum atomic E-state index is 9.64. The lowest BCUT2D eigenvalue weighted by Crippen LogP contribution is -2.27. The van der Waals surface area contributed by atoms with E-state index in [2.05, 4.69) is 12.2 Å². The van der Waals surface area contributed by atoms with Crippen LogP contribution >= 0.6 is 0 Å². The van der Waals surface area contributed by atoms with Crippen molar-refractivity contribution in [3.05, 3.63) is 12.2 Å². The number of fused-ring (bicyclic) bond motifs is 5. The Kier molecular flexibility index (Phi) is 1.07. The van der Waals surface area contributed by atoms with E-state index < -0.39 is 0 Å². The average Bonchev–Trinajstić information content (AvgIpc) is 2.52. The molecule has 0 heterocycles. The molecule has 0 radical (unpaired) electrons. The summed E-state index contributed by atoms with van der Waals surface area (Å²) in [7, 11) is 0. The largest absolute Gasteiger partial charge is 0.393 e. The molecule has 5 atom stereocenters. The molecule has 2 fully saturated rings. The van der Waals surface area contributed by atoms with Crippen LogP contribution in [0.25, 0.3) is 0 Å². The molecule has 2 bridgehead atoms. The summed E-state index contributed by atoms with van der Waals surface area (Å²) >= 11 is 0. The van der Waals surface area contributed by atoms with E-state index in [0.29, 0.717) is 5.92 Å². The van der Waals surface area contributed by atoms with E-state index in [1.807, 2.05) is 0 Å². The molecule has 0 aromatic carbocycles. The molecule has 1 nitrogen and oxygen atoms in total. The number of rotatable bonds is 0. The summed E-state index contributed by atoms with van der Waals surface area (Å²) in [5, 5.41) is 9.64. The van der Waals surface area contributed by atoms with Crippen molar-refractivity contribution in [3.8, 4) is 0 Å². The number of aliphatic hydroxyl groups excluding tert-OH is 1. The van der Waals surface area contributed by atoms with Crippen LogP contribution < -0.4 is 0 Å². The van der Waals surface area contributed by atoms with Crippen molar-refractivity contribution in [1.29, 1.82) is 0 Å². The second-order valence-electron chi connectivity index (χ2n) is 4.37. The van der Waals surface area contributed by atoms with Crippen LogP contribution in [0.5, 0.6) is 0 Å². The highest BCUT2D eigenvalue weighted by Crippen LogP contribution is 2.56. The normalized spacial score (nSPS) is 58.8. The lowest BCUT2D eigenvalue weighted by molar-refractivity contribution is 0.0697. The number of aliphatic hydroxyl groups is 1. The van der Waals surface area contributed by atoms with Gasteiger partial charge in [0.2, 0.25) is 0 Å². The molecule has 2 unspecified atom stereocenters. The summed E-state index contributed by atoms with van der Waals surface area (Å²) in [6.45, 7) is 0. The Hall–Kier alpha value is -0.300. The van der Waals surface area contributed by atoms with Gasteiger partial charge in [-0.3, -0.25) is 0 Å². The summed E-state index contributed by atoms with van der Waals surface area (Å²) < 4.78 is 0. The van der Waals surface area contributed by atoms with Gasteiger partial charge in [0.15, 0.2) is 0 Å². The highest BCUT2D eigenvalue weighted by atomic mass is 16.3. The van der Waals surface area contributed by atoms with Crippen LogP contribution in [0.4, 0.5) is 0 Å². The smallest absolute Gasteiger partial charge is 0.0574 e. The molecule has 0 saturated heterocycles. The Morgan fingerprint density at radius 2 is 2.09 bits per heavy atom. The highest BCUT2D eigenvalue weighted by Gasteiger charge is 2.51. The van der Waals surface area contributed by atoms with Gasteiger partial charge >= 0.3 is 0 Å². The fourth-order valence-corrected chi connectivity index (χ4v) is 3.52. The molecule has 0 aromatic rings. The van der Waals surface area contributed by atoms with E-state index in [1.54, 1.807) is 0 Å². The van der Waals surface area contributed by atoms with Gasteiger partial charge in [-0.05, 0) is 42.9 Å². The monoisotopic (exact) mass is 150 g/mol. The number of allylic oxidation sites excluding steroid dienone is 2. The first-order valence-corrected chi connectivity index (χ1v) is 4.71. The number of hydrogen-bond acceptors (Lipinski definition) is 1. The SMILES string of the molecule is O[C@H]1CC2CC1[C@@H]1CC=C[C@H]21. The molecule has 1 N–H and O–H groups in total. The zero-order valence-corrected chi connectivity index (χ0v) is 6.61. The van der Waals surface area contributed by atoms with Gasteiger partial charge in [-0.25, -0.2) is 0 Å². The third kappa shape index (κ3) is 0.652. The summed E-state index contributed by atoms with van der Waals surface area (Å²) in [6, 6.07) is 0. The topological polar surface area (TPSA) is 20.2 Å². The molecule has 0 aromatic heterocycles. The molecule has 3 aliphatic rings. The Morgan fingerprint density at radius 1 is 1.18 bits per heavy atom. The fourth-order valence-electron chi connectivity index (χ4n) is 3.52. The third-order valence-corrected chi connectivity index (χ3v) is 3.97. The van der Waals surface area contributed by atoms with Gasteiger partial charge in [-0.2, -0.15) is 0 Å². The maximum Gasteiger partial charge on any atom is 0.0574 e. The van der Waals surface area contributed by atoms with E-state index in [-0.39, 0.29) is 6.10 Å². The van der Waals surface area contributed by atoms with Gasteiger partial charge in [-0.1, -0.05) is 12.2 Å². The Bertz CT molecular complexity index is 209. The van der Waals surface area contributed by atoms with Crippen LogP contribution in [0.2, 0.25) is 0 Å². The summed E-state index contributed by atoms with van der Waals surface area (Å²) in [5.41, 5.74) is 0. The van der Waals surface area contributed by atoms with E-state index in [4.69, 9.17) is 0 Å². The molecule has 11 heavy (non-hydrogen) atoms. The van der Waals surface area contributed by atoms with Crippen LogP contribution in [-0.2, 0) is 0 Å². The Balaban J connectivity index is 1.94. The van der Waals surface area contributed by atoms with Crippen molar-refractivity contribution in [3.63, 3.8) is 0 Å². The lowest BCUT2D eigenvalue weighted by atomic mass is 9.80. The Morgan fingerprint density at radius 3 is 3.00 bits per heavy atom. The first-order valence-electron chi connectivity index (χ1n) is 4.71. The zero-order valence-electron chi connectivity index (χ0n) is 6.61. The summed E-state index contributed by atoms with van der Waals surface area (Å²) in [6.07, 6.45) is 8.37. The maximum absolute atomic E-state index is 9.64. The lowest BCUT2D eigenvalue weighted by Gasteiger charge is -2.27. The van der Waals surface area contributed by atoms with Crippen LogP contribution in [0, 0.1) is 23.7 Å². The second-order valence-corrected chi connectivity index (χ2v) is 4.37. The predicted octanol–water partition coefficient (Wildman–Crippen LogP) is 1.58. The van der Waals surface area contributed by atoms with Gasteiger partial charge < -0.3 is 5.11 Å². The minimum absolute atomic E-state index is 0.0427. The standard InChI is InChI=1S/C10H14O/c11-10-5-6-4-9(10)8-3-1-2-7(6)8/h1-2,6-11H,3-5H2/t6?,7-,8-,9?,10+/m1/s1. The third-order valence-electron chi connectivity index (χ3n) is 3.97. The zero-order chi connectivity index (χ0) is 7.42. The van der Waals surface area contributed by atoms with Gasteiger partial charge in [0, 0.05) is 0 Å². The van der Waals surface area contributed by atoms with Gasteiger partial charge in [0.05, 0.1) is 6.10 Å². The van der Waals surface area contributed by atoms with E-state index >= 15 is 0 Å². The number of hydrogen-bond donors (Lipinski definition) is 1. The molecule has 3 rings (SSSR count). The van der Waals surface area contributed by atoms with Crippen LogP contribution in [-0.4, -0.2) is 11.2 Å². The second kappa shape index (κ2) is 1.89. The molecule has 60 valence electrons. The molecule has 0 amide bonds. The molecule has 2 saturated carbocycles. The molecule has 1 heteroatoms. The van der Waals surface area contributed by atoms with Crippen LogP contribution in [0.3, 0.4) is 0 Å². The van der Waals surface area contributed by atoms with Crippen molar-refractivity contribution >= 4 is 0 Å². The fraction of sp³-hybridized carbons (Fsp3) is 0.800. The van der Waals surface area contributed by atoms with Gasteiger partial charge in [0.25, 0.3) is 0 Å². The van der Waals surface area contributed by atoms with Crippen molar-refractivity contribution < 1.29 is 5.11 Å². The molecular weight excluding hydrogens is 136 g/mol. The molecular formula is C10H14O. The van der Waals surface area contributed by atoms with Crippen molar-refractivity contribution in [2.75, 3.05) is 0 Å². The highest BCUT2D eigenvalue weighted by molar-refractivity contribution is 5.14. The molecule has 0 spiro atoms. The summed E-state index contributed by atoms with van der Waals surface area (Å²) in [5.74, 6) is 3.16. The quantitative estimate of drug-likeness (QED) is 0.520. The Labute approximate surface area is 67.1 Å². The van der Waals surface area contributed by atoms with Crippen LogP contribution in [0.1, 0.15) is 19.3 Å². The first kappa shape index (κ1) is 6.24. The van der Waals surface area contributed by atoms with Crippen molar-refractivity contribution in [2.24, 2.45) is 23.7 Å². The average molecular weight is 150 g/mol. The van der Waals surface area contributed by atoms with Crippen molar-refractivity contribution in [1.82, 2.24) is 0 Å². The van der Waals surface area contributed by atoms with E-state index in [1.165, 1.54) is 12.8 Å². The predicted molar refractivity (Wildman–Crippen MR) is 43.0 cm³/mol. The first-order chi connectivity index (χ1) is 5.36. The van der Waals surface area contributed by atoms with Gasteiger partial charge in [0.1, 0.15) is 0 Å². The van der Waals surface area contributed by atoms with E-state index in [0.717, 1.165) is 24.2 Å².